The van der Waals surface area contributed by atoms with Crippen LogP contribution in [0.25, 0.3) is 0 Å². The van der Waals surface area contributed by atoms with Gasteiger partial charge in [0.15, 0.2) is 0 Å². The van der Waals surface area contributed by atoms with Gasteiger partial charge in [0, 0.05) is 0 Å². The van der Waals surface area contributed by atoms with Crippen molar-refractivity contribution in [3.05, 3.63) is 129 Å². The number of esters is 4. The van der Waals surface area contributed by atoms with Gasteiger partial charge >= 0.3 is 23.9 Å². The van der Waals surface area contributed by atoms with Crippen LogP contribution in [0.2, 0.25) is 0 Å². The van der Waals surface area contributed by atoms with E-state index in [1.807, 2.05) is 6.92 Å². The number of methoxy groups -OCH3 is 1. The van der Waals surface area contributed by atoms with E-state index in [4.69, 9.17) is 14.2 Å². The van der Waals surface area contributed by atoms with E-state index in [2.05, 4.69) is 4.74 Å². The highest BCUT2D eigenvalue weighted by Crippen LogP contribution is 2.33. The Balaban J connectivity index is 1.07. The number of ether oxygens (including phenoxy) is 4. The average molecular weight is 705 g/mol. The molecule has 0 unspecified atom stereocenters. The zero-order valence-corrected chi connectivity index (χ0v) is 27.7. The number of carbonyl (C=O) groups is 8. The predicted molar refractivity (Wildman–Crippen MR) is 181 cm³/mol. The molecule has 2 aliphatic heterocycles. The summed E-state index contributed by atoms with van der Waals surface area (Å²) in [6, 6.07) is 19.2. The van der Waals surface area contributed by atoms with E-state index < -0.39 is 47.5 Å². The monoisotopic (exact) mass is 704 g/mol. The zero-order chi connectivity index (χ0) is 37.1. The van der Waals surface area contributed by atoms with E-state index in [9.17, 15) is 38.4 Å². The summed E-state index contributed by atoms with van der Waals surface area (Å²) in [7, 11) is 1.24. The Morgan fingerprint density at radius 2 is 0.808 bits per heavy atom. The molecule has 4 aromatic carbocycles. The molecule has 14 heteroatoms. The van der Waals surface area contributed by atoms with Crippen molar-refractivity contribution in [2.75, 3.05) is 36.7 Å². The molecule has 0 atom stereocenters. The Labute approximate surface area is 295 Å². The van der Waals surface area contributed by atoms with Crippen molar-refractivity contribution in [1.82, 2.24) is 0 Å². The van der Waals surface area contributed by atoms with Crippen LogP contribution in [0.4, 0.5) is 11.4 Å². The van der Waals surface area contributed by atoms with Crippen LogP contribution in [0.15, 0.2) is 84.9 Å². The van der Waals surface area contributed by atoms with Gasteiger partial charge in [-0.1, -0.05) is 6.92 Å². The van der Waals surface area contributed by atoms with Crippen molar-refractivity contribution in [2.24, 2.45) is 0 Å². The maximum absolute atomic E-state index is 13.4. The van der Waals surface area contributed by atoms with E-state index in [-0.39, 0.29) is 75.7 Å². The maximum Gasteiger partial charge on any atom is 0.338 e. The van der Waals surface area contributed by atoms with Crippen molar-refractivity contribution in [3.8, 4) is 0 Å². The van der Waals surface area contributed by atoms with E-state index >= 15 is 0 Å². The van der Waals surface area contributed by atoms with Crippen molar-refractivity contribution in [2.45, 2.75) is 13.3 Å². The van der Waals surface area contributed by atoms with Crippen LogP contribution in [0, 0.1) is 0 Å². The fourth-order valence-corrected chi connectivity index (χ4v) is 5.53. The van der Waals surface area contributed by atoms with Crippen LogP contribution < -0.4 is 9.80 Å². The molecule has 0 saturated heterocycles. The number of imide groups is 2. The van der Waals surface area contributed by atoms with Crippen molar-refractivity contribution >= 4 is 58.9 Å². The topological polar surface area (TPSA) is 180 Å². The number of fused-ring (bicyclic) bond motifs is 2. The van der Waals surface area contributed by atoms with Gasteiger partial charge in [-0.05, 0) is 91.3 Å². The van der Waals surface area contributed by atoms with Crippen LogP contribution in [-0.2, 0) is 18.9 Å². The third-order valence-corrected chi connectivity index (χ3v) is 8.14. The lowest BCUT2D eigenvalue weighted by Gasteiger charge is -2.17. The van der Waals surface area contributed by atoms with Gasteiger partial charge in [-0.3, -0.25) is 19.2 Å². The summed E-state index contributed by atoms with van der Waals surface area (Å²) in [5.74, 6) is -5.31. The number of nitrogens with zero attached hydrogens (tertiary/aromatic N) is 2. The minimum atomic E-state index is -0.824. The Kier molecular flexibility index (Phi) is 9.72. The molecule has 4 aromatic rings. The summed E-state index contributed by atoms with van der Waals surface area (Å²) in [4.78, 5) is 104. The van der Waals surface area contributed by atoms with E-state index in [0.29, 0.717) is 6.42 Å². The van der Waals surface area contributed by atoms with Crippen LogP contribution >= 0.6 is 0 Å². The Morgan fingerprint density at radius 1 is 0.462 bits per heavy atom. The normalized spacial score (nSPS) is 13.1. The minimum absolute atomic E-state index is 0.0192. The highest BCUT2D eigenvalue weighted by atomic mass is 16.6. The Bertz CT molecular complexity index is 2170. The summed E-state index contributed by atoms with van der Waals surface area (Å²) in [5.41, 5.74) is 1.03. The van der Waals surface area contributed by atoms with Crippen LogP contribution in [-0.4, -0.2) is 74.4 Å². The fourth-order valence-electron chi connectivity index (χ4n) is 5.53. The standard InChI is InChI=1S/C38H28N2O12/c1-3-16-50-37(47)23-8-14-27-29(19-23)33(43)39(31(27)41)25-10-12-26(13-11-25)40-32(42)28-15-9-24(20-30(28)34(40)44)38(48)52-18-17-51-36(46)22-6-4-21(5-7-22)35(45)49-2/h4-15,19-20H,3,16-18H2,1-2H3. The number of anilines is 2. The van der Waals surface area contributed by atoms with Gasteiger partial charge in [0.2, 0.25) is 0 Å². The van der Waals surface area contributed by atoms with Crippen molar-refractivity contribution in [1.29, 1.82) is 0 Å². The SMILES string of the molecule is CCCOC(=O)c1ccc2c(c1)C(=O)N(c1ccc(N3C(=O)c4ccc(C(=O)OCCOC(=O)c5ccc(C(=O)OC)cc5)cc4C3=O)cc1)C2=O. The predicted octanol–water partition coefficient (Wildman–Crippen LogP) is 4.66. The first-order chi connectivity index (χ1) is 25.0. The number of hydrogen-bond acceptors (Lipinski definition) is 12. The molecule has 0 fully saturated rings. The quantitative estimate of drug-likeness (QED) is 0.0914. The molecule has 0 bridgehead atoms. The summed E-state index contributed by atoms with van der Waals surface area (Å²) < 4.78 is 20.0. The minimum Gasteiger partial charge on any atom is -0.465 e. The number of carbonyl (C=O) groups excluding carboxylic acids is 8. The van der Waals surface area contributed by atoms with Crippen LogP contribution in [0.5, 0.6) is 0 Å². The van der Waals surface area contributed by atoms with Gasteiger partial charge < -0.3 is 18.9 Å². The third-order valence-electron chi connectivity index (χ3n) is 8.14. The summed E-state index contributed by atoms with van der Waals surface area (Å²) in [5, 5.41) is 0. The molecule has 2 heterocycles. The van der Waals surface area contributed by atoms with Crippen molar-refractivity contribution < 1.29 is 57.3 Å². The third kappa shape index (κ3) is 6.52. The highest BCUT2D eigenvalue weighted by molar-refractivity contribution is 6.36. The summed E-state index contributed by atoms with van der Waals surface area (Å²) in [6.45, 7) is 1.48. The number of rotatable bonds is 11. The van der Waals surface area contributed by atoms with Crippen LogP contribution in [0.1, 0.15) is 96.2 Å². The van der Waals surface area contributed by atoms with Gasteiger partial charge in [-0.15, -0.1) is 0 Å². The van der Waals surface area contributed by atoms with Gasteiger partial charge in [0.1, 0.15) is 13.2 Å². The number of benzene rings is 4. The first-order valence-corrected chi connectivity index (χ1v) is 15.9. The Hall–Kier alpha value is -6.96. The first kappa shape index (κ1) is 34.9. The second-order valence-corrected chi connectivity index (χ2v) is 11.4. The molecule has 2 aliphatic rings. The molecule has 0 aliphatic carbocycles. The largest absolute Gasteiger partial charge is 0.465 e. The smallest absolute Gasteiger partial charge is 0.338 e. The molecule has 6 rings (SSSR count). The van der Waals surface area contributed by atoms with E-state index in [1.165, 1.54) is 92.0 Å². The van der Waals surface area contributed by atoms with Gasteiger partial charge in [0.05, 0.1) is 69.6 Å². The average Bonchev–Trinajstić information content (AvgIpc) is 3.57. The molecule has 0 aromatic heterocycles. The van der Waals surface area contributed by atoms with Gasteiger partial charge in [-0.2, -0.15) is 0 Å². The molecule has 0 N–H and O–H groups in total. The van der Waals surface area contributed by atoms with E-state index in [0.717, 1.165) is 9.80 Å². The summed E-state index contributed by atoms with van der Waals surface area (Å²) >= 11 is 0. The molecule has 14 nitrogen and oxygen atoms in total. The highest BCUT2D eigenvalue weighted by Gasteiger charge is 2.39. The molecular formula is C38H28N2O12. The molecule has 52 heavy (non-hydrogen) atoms. The molecule has 0 spiro atoms. The molecule has 262 valence electrons. The molecule has 4 amide bonds. The van der Waals surface area contributed by atoms with Gasteiger partial charge in [-0.25, -0.2) is 29.0 Å². The molecular weight excluding hydrogens is 676 g/mol. The first-order valence-electron chi connectivity index (χ1n) is 15.9. The Morgan fingerprint density at radius 3 is 1.21 bits per heavy atom. The van der Waals surface area contributed by atoms with E-state index in [1.54, 1.807) is 0 Å². The zero-order valence-electron chi connectivity index (χ0n) is 27.7. The summed E-state index contributed by atoms with van der Waals surface area (Å²) in [6.07, 6.45) is 0.622. The second kappa shape index (κ2) is 14.5. The van der Waals surface area contributed by atoms with Gasteiger partial charge in [0.25, 0.3) is 23.6 Å². The molecule has 0 saturated carbocycles. The lowest BCUT2D eigenvalue weighted by Crippen LogP contribution is -2.30. The van der Waals surface area contributed by atoms with Crippen LogP contribution in [0.3, 0.4) is 0 Å². The number of amides is 4. The van der Waals surface area contributed by atoms with Crippen molar-refractivity contribution in [3.63, 3.8) is 0 Å². The maximum atomic E-state index is 13.4. The lowest BCUT2D eigenvalue weighted by atomic mass is 10.1. The fraction of sp³-hybridized carbons (Fsp3) is 0.158. The lowest BCUT2D eigenvalue weighted by molar-refractivity contribution is 0.0265. The second-order valence-electron chi connectivity index (χ2n) is 11.4. The molecule has 0 radical (unpaired) electrons. The number of hydrogen-bond donors (Lipinski definition) is 0.